The average Bonchev–Trinajstić information content (AvgIpc) is 2.22. The minimum absolute atomic E-state index is 0.0760. The number of hydrogen-bond acceptors (Lipinski definition) is 4. The monoisotopic (exact) mass is 278 g/mol. The van der Waals surface area contributed by atoms with Gasteiger partial charge in [-0.3, -0.25) is 0 Å². The van der Waals surface area contributed by atoms with Crippen molar-refractivity contribution in [3.05, 3.63) is 22.4 Å². The molecule has 1 N–H and O–H groups in total. The Labute approximate surface area is 108 Å². The Bertz CT molecular complexity index is 426. The lowest BCUT2D eigenvalue weighted by atomic mass is 10.4. The number of thiocarbonyl (C=S) groups is 1. The van der Waals surface area contributed by atoms with Gasteiger partial charge in [-0.25, -0.2) is 9.78 Å². The molecular weight excluding hydrogens is 271 g/mol. The molecule has 0 unspecified atom stereocenters. The maximum absolute atomic E-state index is 11.2. The number of nitrogens with zero attached hydrogens (tertiary/aromatic N) is 1. The van der Waals surface area contributed by atoms with Crippen LogP contribution in [0.2, 0.25) is 10.3 Å². The lowest BCUT2D eigenvalue weighted by Crippen LogP contribution is -2.23. The molecule has 0 radical (unpaired) electrons. The highest BCUT2D eigenvalue weighted by Crippen LogP contribution is 2.21. The Kier molecular flexibility index (Phi) is 4.92. The van der Waals surface area contributed by atoms with Crippen molar-refractivity contribution in [1.82, 2.24) is 4.98 Å². The lowest BCUT2D eigenvalue weighted by molar-refractivity contribution is -0.134. The van der Waals surface area contributed by atoms with Gasteiger partial charge >= 0.3 is 5.97 Å². The molecule has 0 aliphatic carbocycles. The lowest BCUT2D eigenvalue weighted by Gasteiger charge is -2.08. The number of esters is 1. The first kappa shape index (κ1) is 13.2. The molecule has 0 atom stereocenters. The fourth-order valence-electron chi connectivity index (χ4n) is 0.875. The van der Waals surface area contributed by atoms with E-state index in [1.165, 1.54) is 6.07 Å². The van der Waals surface area contributed by atoms with E-state index in [4.69, 9.17) is 40.2 Å². The van der Waals surface area contributed by atoms with Crippen LogP contribution in [0.15, 0.2) is 12.1 Å². The summed E-state index contributed by atoms with van der Waals surface area (Å²) in [4.78, 5) is 14.9. The summed E-state index contributed by atoms with van der Waals surface area (Å²) in [6.45, 7) is 1.95. The largest absolute Gasteiger partial charge is 0.461 e. The summed E-state index contributed by atoms with van der Waals surface area (Å²) in [5.74, 6) is -0.608. The summed E-state index contributed by atoms with van der Waals surface area (Å²) < 4.78 is 4.71. The van der Waals surface area contributed by atoms with Gasteiger partial charge in [-0.2, -0.15) is 0 Å². The van der Waals surface area contributed by atoms with E-state index in [-0.39, 0.29) is 21.9 Å². The number of halogens is 2. The highest BCUT2D eigenvalue weighted by molar-refractivity contribution is 7.82. The molecule has 0 saturated carbocycles. The third-order valence-electron chi connectivity index (χ3n) is 1.52. The fourth-order valence-corrected chi connectivity index (χ4v) is 1.44. The zero-order valence-electron chi connectivity index (χ0n) is 8.29. The zero-order valence-corrected chi connectivity index (χ0v) is 10.6. The predicted octanol–water partition coefficient (Wildman–Crippen LogP) is 2.69. The minimum atomic E-state index is -0.608. The van der Waals surface area contributed by atoms with Crippen LogP contribution < -0.4 is 5.32 Å². The van der Waals surface area contributed by atoms with Gasteiger partial charge in [-0.1, -0.05) is 35.4 Å². The summed E-state index contributed by atoms with van der Waals surface area (Å²) in [6, 6.07) is 3.10. The standard InChI is InChI=1S/C9H8Cl2N2O2S/c1-2-15-9(14)8(16)12-5-3-4-6(10)13-7(5)11/h3-4H,2H2,1H3,(H,12,16). The van der Waals surface area contributed by atoms with E-state index < -0.39 is 5.97 Å². The second-order valence-corrected chi connectivity index (χ2v) is 3.80. The Morgan fingerprint density at radius 1 is 1.56 bits per heavy atom. The predicted molar refractivity (Wildman–Crippen MR) is 67.1 cm³/mol. The molecule has 0 fully saturated rings. The van der Waals surface area contributed by atoms with E-state index in [0.29, 0.717) is 5.69 Å². The molecule has 0 aromatic carbocycles. The molecule has 1 aromatic heterocycles. The van der Waals surface area contributed by atoms with Crippen molar-refractivity contribution in [2.75, 3.05) is 11.9 Å². The van der Waals surface area contributed by atoms with Crippen molar-refractivity contribution in [1.29, 1.82) is 0 Å². The SMILES string of the molecule is CCOC(=O)C(=S)Nc1ccc(Cl)nc1Cl. The van der Waals surface area contributed by atoms with Crippen molar-refractivity contribution in [2.24, 2.45) is 0 Å². The number of pyridine rings is 1. The summed E-state index contributed by atoms with van der Waals surface area (Å²) in [6.07, 6.45) is 0. The van der Waals surface area contributed by atoms with Gasteiger partial charge < -0.3 is 10.1 Å². The first-order chi connectivity index (χ1) is 7.54. The van der Waals surface area contributed by atoms with Gasteiger partial charge in [0, 0.05) is 0 Å². The summed E-state index contributed by atoms with van der Waals surface area (Å²) >= 11 is 16.2. The molecule has 16 heavy (non-hydrogen) atoms. The minimum Gasteiger partial charge on any atom is -0.461 e. The molecule has 1 aromatic rings. The van der Waals surface area contributed by atoms with Gasteiger partial charge in [0.15, 0.2) is 10.1 Å². The van der Waals surface area contributed by atoms with Gasteiger partial charge in [0.1, 0.15) is 5.15 Å². The first-order valence-electron chi connectivity index (χ1n) is 4.34. The van der Waals surface area contributed by atoms with Gasteiger partial charge in [-0.05, 0) is 19.1 Å². The van der Waals surface area contributed by atoms with E-state index in [1.807, 2.05) is 0 Å². The van der Waals surface area contributed by atoms with Crippen LogP contribution in [-0.4, -0.2) is 22.5 Å². The Morgan fingerprint density at radius 2 is 2.25 bits per heavy atom. The Morgan fingerprint density at radius 3 is 2.81 bits per heavy atom. The highest BCUT2D eigenvalue weighted by Gasteiger charge is 2.12. The maximum atomic E-state index is 11.2. The number of ether oxygens (including phenoxy) is 1. The average molecular weight is 279 g/mol. The normalized spacial score (nSPS) is 9.69. The molecule has 0 amide bonds. The highest BCUT2D eigenvalue weighted by atomic mass is 35.5. The summed E-state index contributed by atoms with van der Waals surface area (Å²) in [5.41, 5.74) is 0.407. The van der Waals surface area contributed by atoms with E-state index in [9.17, 15) is 4.79 Å². The van der Waals surface area contributed by atoms with Gasteiger partial charge in [0.05, 0.1) is 12.3 Å². The van der Waals surface area contributed by atoms with Crippen LogP contribution in [0.25, 0.3) is 0 Å². The molecule has 86 valence electrons. The Hall–Kier alpha value is -0.910. The number of carbonyl (C=O) groups is 1. The van der Waals surface area contributed by atoms with Gasteiger partial charge in [0.25, 0.3) is 0 Å². The number of anilines is 1. The van der Waals surface area contributed by atoms with Gasteiger partial charge in [0.2, 0.25) is 0 Å². The van der Waals surface area contributed by atoms with Crippen molar-refractivity contribution in [2.45, 2.75) is 6.92 Å². The third kappa shape index (κ3) is 3.59. The van der Waals surface area contributed by atoms with Crippen LogP contribution >= 0.6 is 35.4 Å². The fraction of sp³-hybridized carbons (Fsp3) is 0.222. The number of carbonyl (C=O) groups excluding carboxylic acids is 1. The molecule has 0 aliphatic rings. The molecule has 0 bridgehead atoms. The smallest absolute Gasteiger partial charge is 0.366 e. The molecule has 7 heteroatoms. The van der Waals surface area contributed by atoms with E-state index in [2.05, 4.69) is 10.3 Å². The van der Waals surface area contributed by atoms with Crippen LogP contribution in [0.5, 0.6) is 0 Å². The molecule has 4 nitrogen and oxygen atoms in total. The van der Waals surface area contributed by atoms with Crippen molar-refractivity contribution < 1.29 is 9.53 Å². The van der Waals surface area contributed by atoms with Gasteiger partial charge in [-0.15, -0.1) is 0 Å². The van der Waals surface area contributed by atoms with Crippen LogP contribution in [0, 0.1) is 0 Å². The molecule has 1 heterocycles. The zero-order chi connectivity index (χ0) is 12.1. The van der Waals surface area contributed by atoms with Crippen LogP contribution in [0.4, 0.5) is 5.69 Å². The number of hydrogen-bond donors (Lipinski definition) is 1. The molecule has 0 saturated heterocycles. The first-order valence-corrected chi connectivity index (χ1v) is 5.51. The van der Waals surface area contributed by atoms with E-state index >= 15 is 0 Å². The van der Waals surface area contributed by atoms with Crippen molar-refractivity contribution >= 4 is 52.1 Å². The quantitative estimate of drug-likeness (QED) is 0.512. The van der Waals surface area contributed by atoms with Crippen molar-refractivity contribution in [3.63, 3.8) is 0 Å². The number of nitrogens with one attached hydrogen (secondary N) is 1. The second-order valence-electron chi connectivity index (χ2n) is 2.65. The summed E-state index contributed by atoms with van der Waals surface area (Å²) in [5, 5.41) is 3.03. The van der Waals surface area contributed by atoms with Crippen LogP contribution in [-0.2, 0) is 9.53 Å². The summed E-state index contributed by atoms with van der Waals surface area (Å²) in [7, 11) is 0. The third-order valence-corrected chi connectivity index (χ3v) is 2.29. The topological polar surface area (TPSA) is 51.2 Å². The Balaban J connectivity index is 2.73. The van der Waals surface area contributed by atoms with Crippen LogP contribution in [0.3, 0.4) is 0 Å². The van der Waals surface area contributed by atoms with E-state index in [0.717, 1.165) is 0 Å². The second kappa shape index (κ2) is 5.98. The molecule has 1 rings (SSSR count). The van der Waals surface area contributed by atoms with Crippen LogP contribution in [0.1, 0.15) is 6.92 Å². The molecule has 0 spiro atoms. The number of rotatable bonds is 2. The molecule has 0 aliphatic heterocycles. The van der Waals surface area contributed by atoms with E-state index in [1.54, 1.807) is 13.0 Å². The van der Waals surface area contributed by atoms with Crippen molar-refractivity contribution in [3.8, 4) is 0 Å². The number of aromatic nitrogens is 1. The molecular formula is C9H8Cl2N2O2S. The maximum Gasteiger partial charge on any atom is 0.366 e.